The highest BCUT2D eigenvalue weighted by atomic mass is 16.6. The van der Waals surface area contributed by atoms with Crippen molar-refractivity contribution in [3.05, 3.63) is 0 Å². The summed E-state index contributed by atoms with van der Waals surface area (Å²) in [5.74, 6) is 1.36. The van der Waals surface area contributed by atoms with Crippen LogP contribution in [0.25, 0.3) is 0 Å². The third kappa shape index (κ3) is 7.34. The minimum atomic E-state index is -0.486. The highest BCUT2D eigenvalue weighted by molar-refractivity contribution is 5.76. The molecule has 1 heterocycles. The molecular weight excluding hydrogens is 268 g/mol. The first-order chi connectivity index (χ1) is 9.67. The summed E-state index contributed by atoms with van der Waals surface area (Å²) in [7, 11) is 0. The fourth-order valence-electron chi connectivity index (χ4n) is 2.77. The Bertz CT molecular complexity index is 353. The van der Waals surface area contributed by atoms with Crippen molar-refractivity contribution in [1.29, 1.82) is 0 Å². The van der Waals surface area contributed by atoms with Gasteiger partial charge < -0.3 is 15.0 Å². The summed E-state index contributed by atoms with van der Waals surface area (Å²) < 4.78 is 5.14. The zero-order chi connectivity index (χ0) is 16.0. The van der Waals surface area contributed by atoms with Gasteiger partial charge >= 0.3 is 6.09 Å². The lowest BCUT2D eigenvalue weighted by atomic mass is 9.91. The second kappa shape index (κ2) is 7.66. The molecule has 1 saturated heterocycles. The Morgan fingerprint density at radius 1 is 1.19 bits per heavy atom. The number of likely N-dealkylation sites (tertiary alicyclic amines) is 1. The second-order valence-corrected chi connectivity index (χ2v) is 7.28. The Morgan fingerprint density at radius 3 is 2.29 bits per heavy atom. The van der Waals surface area contributed by atoms with Crippen LogP contribution in [0.5, 0.6) is 0 Å². The largest absolute Gasteiger partial charge is 0.444 e. The quantitative estimate of drug-likeness (QED) is 0.812. The van der Waals surface area contributed by atoms with Gasteiger partial charge in [0, 0.05) is 26.1 Å². The van der Waals surface area contributed by atoms with Crippen LogP contribution in [0.3, 0.4) is 0 Å². The molecule has 0 bridgehead atoms. The summed E-state index contributed by atoms with van der Waals surface area (Å²) in [5, 5.41) is 2.68. The summed E-state index contributed by atoms with van der Waals surface area (Å²) in [6, 6.07) is 0. The Hall–Kier alpha value is -1.26. The predicted molar refractivity (Wildman–Crippen MR) is 83.0 cm³/mol. The van der Waals surface area contributed by atoms with Crippen LogP contribution in [0, 0.1) is 11.8 Å². The highest BCUT2D eigenvalue weighted by Gasteiger charge is 2.24. The van der Waals surface area contributed by atoms with Gasteiger partial charge in [-0.25, -0.2) is 4.79 Å². The minimum Gasteiger partial charge on any atom is -0.444 e. The molecule has 1 aliphatic rings. The SMILES string of the molecule is CC1CC(C)CN(C(=O)CCCNC(=O)OC(C)(C)C)C1. The normalized spacial score (nSPS) is 22.8. The molecule has 1 rings (SSSR count). The fraction of sp³-hybridized carbons (Fsp3) is 0.875. The number of nitrogens with one attached hydrogen (secondary N) is 1. The maximum absolute atomic E-state index is 12.1. The van der Waals surface area contributed by atoms with E-state index in [1.165, 1.54) is 6.42 Å². The van der Waals surface area contributed by atoms with Crippen LogP contribution >= 0.6 is 0 Å². The third-order valence-electron chi connectivity index (χ3n) is 3.46. The van der Waals surface area contributed by atoms with E-state index in [1.807, 2.05) is 25.7 Å². The maximum Gasteiger partial charge on any atom is 0.407 e. The molecule has 5 heteroatoms. The van der Waals surface area contributed by atoms with Gasteiger partial charge in [0.05, 0.1) is 0 Å². The van der Waals surface area contributed by atoms with Gasteiger partial charge in [-0.3, -0.25) is 4.79 Å². The lowest BCUT2D eigenvalue weighted by molar-refractivity contribution is -0.133. The van der Waals surface area contributed by atoms with Crippen molar-refractivity contribution in [2.24, 2.45) is 11.8 Å². The number of alkyl carbamates (subject to hydrolysis) is 1. The van der Waals surface area contributed by atoms with Gasteiger partial charge in [0.2, 0.25) is 5.91 Å². The molecule has 2 amide bonds. The average molecular weight is 298 g/mol. The third-order valence-corrected chi connectivity index (χ3v) is 3.46. The molecule has 2 unspecified atom stereocenters. The van der Waals surface area contributed by atoms with Gasteiger partial charge in [-0.2, -0.15) is 0 Å². The molecule has 1 fully saturated rings. The standard InChI is InChI=1S/C16H30N2O3/c1-12-9-13(2)11-18(10-12)14(19)7-6-8-17-15(20)21-16(3,4)5/h12-13H,6-11H2,1-5H3,(H,17,20). The lowest BCUT2D eigenvalue weighted by Crippen LogP contribution is -2.42. The summed E-state index contributed by atoms with van der Waals surface area (Å²) in [4.78, 5) is 25.6. The monoisotopic (exact) mass is 298 g/mol. The summed E-state index contributed by atoms with van der Waals surface area (Å²) in [6.45, 7) is 12.1. The lowest BCUT2D eigenvalue weighted by Gasteiger charge is -2.35. The van der Waals surface area contributed by atoms with Crippen LogP contribution in [-0.4, -0.2) is 42.1 Å². The Labute approximate surface area is 128 Å². The number of nitrogens with zero attached hydrogens (tertiary/aromatic N) is 1. The molecule has 0 spiro atoms. The maximum atomic E-state index is 12.1. The molecule has 0 aromatic rings. The van der Waals surface area contributed by atoms with Crippen LogP contribution in [0.15, 0.2) is 0 Å². The molecule has 2 atom stereocenters. The molecule has 21 heavy (non-hydrogen) atoms. The van der Waals surface area contributed by atoms with E-state index in [9.17, 15) is 9.59 Å². The summed E-state index contributed by atoms with van der Waals surface area (Å²) >= 11 is 0. The molecule has 5 nitrogen and oxygen atoms in total. The van der Waals surface area contributed by atoms with Crippen molar-refractivity contribution >= 4 is 12.0 Å². The molecule has 1 aliphatic heterocycles. The number of hydrogen-bond donors (Lipinski definition) is 1. The van der Waals surface area contributed by atoms with Crippen molar-refractivity contribution in [2.45, 2.75) is 59.5 Å². The van der Waals surface area contributed by atoms with Crippen molar-refractivity contribution in [3.8, 4) is 0 Å². The van der Waals surface area contributed by atoms with E-state index in [2.05, 4.69) is 19.2 Å². The minimum absolute atomic E-state index is 0.194. The molecule has 0 saturated carbocycles. The predicted octanol–water partition coefficient (Wildman–Crippen LogP) is 2.80. The molecule has 1 N–H and O–H groups in total. The van der Waals surface area contributed by atoms with E-state index in [-0.39, 0.29) is 5.91 Å². The number of hydrogen-bond acceptors (Lipinski definition) is 3. The van der Waals surface area contributed by atoms with Crippen molar-refractivity contribution in [2.75, 3.05) is 19.6 Å². The fourth-order valence-corrected chi connectivity index (χ4v) is 2.77. The number of carbonyl (C=O) groups excluding carboxylic acids is 2. The van der Waals surface area contributed by atoms with Gasteiger partial charge in [-0.15, -0.1) is 0 Å². The van der Waals surface area contributed by atoms with E-state index < -0.39 is 11.7 Å². The zero-order valence-electron chi connectivity index (χ0n) is 14.1. The van der Waals surface area contributed by atoms with Gasteiger partial charge in [0.25, 0.3) is 0 Å². The molecule has 0 aliphatic carbocycles. The number of ether oxygens (including phenoxy) is 1. The summed E-state index contributed by atoms with van der Waals surface area (Å²) in [6.07, 6.45) is 1.91. The number of rotatable bonds is 4. The topological polar surface area (TPSA) is 58.6 Å². The molecular formula is C16H30N2O3. The van der Waals surface area contributed by atoms with E-state index >= 15 is 0 Å². The first kappa shape index (κ1) is 17.8. The van der Waals surface area contributed by atoms with Crippen molar-refractivity contribution < 1.29 is 14.3 Å². The Balaban J connectivity index is 2.20. The van der Waals surface area contributed by atoms with Gasteiger partial charge in [-0.1, -0.05) is 13.8 Å². The number of carbonyl (C=O) groups is 2. The molecule has 0 aromatic heterocycles. The first-order valence-corrected chi connectivity index (χ1v) is 7.92. The van der Waals surface area contributed by atoms with Crippen LogP contribution in [0.4, 0.5) is 4.79 Å². The number of piperidine rings is 1. The Morgan fingerprint density at radius 2 is 1.76 bits per heavy atom. The molecule has 0 aromatic carbocycles. The number of amides is 2. The van der Waals surface area contributed by atoms with Crippen LogP contribution in [-0.2, 0) is 9.53 Å². The average Bonchev–Trinajstić information content (AvgIpc) is 2.31. The van der Waals surface area contributed by atoms with E-state index in [0.717, 1.165) is 13.1 Å². The van der Waals surface area contributed by atoms with Crippen LogP contribution < -0.4 is 5.32 Å². The van der Waals surface area contributed by atoms with Gasteiger partial charge in [0.1, 0.15) is 5.60 Å². The smallest absolute Gasteiger partial charge is 0.407 e. The van der Waals surface area contributed by atoms with E-state index in [0.29, 0.717) is 31.2 Å². The van der Waals surface area contributed by atoms with Gasteiger partial charge in [0.15, 0.2) is 0 Å². The second-order valence-electron chi connectivity index (χ2n) is 7.28. The van der Waals surface area contributed by atoms with E-state index in [4.69, 9.17) is 4.74 Å². The van der Waals surface area contributed by atoms with E-state index in [1.54, 1.807) is 0 Å². The van der Waals surface area contributed by atoms with Crippen LogP contribution in [0.1, 0.15) is 53.9 Å². The van der Waals surface area contributed by atoms with Crippen molar-refractivity contribution in [1.82, 2.24) is 10.2 Å². The molecule has 122 valence electrons. The van der Waals surface area contributed by atoms with Crippen LogP contribution in [0.2, 0.25) is 0 Å². The molecule has 0 radical (unpaired) electrons. The Kier molecular flexibility index (Phi) is 6.49. The van der Waals surface area contributed by atoms with Gasteiger partial charge in [-0.05, 0) is 45.4 Å². The zero-order valence-corrected chi connectivity index (χ0v) is 14.1. The first-order valence-electron chi connectivity index (χ1n) is 7.92. The summed E-state index contributed by atoms with van der Waals surface area (Å²) in [5.41, 5.74) is -0.486. The van der Waals surface area contributed by atoms with Crippen molar-refractivity contribution in [3.63, 3.8) is 0 Å². The highest BCUT2D eigenvalue weighted by Crippen LogP contribution is 2.21.